The number of hydrogen-bond donors (Lipinski definition) is 0. The van der Waals surface area contributed by atoms with Crippen LogP contribution < -0.4 is 0 Å². The van der Waals surface area contributed by atoms with Crippen LogP contribution in [0.4, 0.5) is 0 Å². The first kappa shape index (κ1) is 19.5. The minimum atomic E-state index is -1.27. The first-order valence-corrected chi connectivity index (χ1v) is 15.4. The Morgan fingerprint density at radius 2 is 1.26 bits per heavy atom. The van der Waals surface area contributed by atoms with Gasteiger partial charge < -0.3 is 13.7 Å². The third-order valence-electron chi connectivity index (χ3n) is 3.31. The SMILES string of the molecule is CCOC([SiH3])(CCN([Si](C)(C)C)[Si](C)(C)C)OCC. The van der Waals surface area contributed by atoms with Crippen LogP contribution in [0.2, 0.25) is 39.3 Å². The summed E-state index contributed by atoms with van der Waals surface area (Å²) >= 11 is 0. The maximum Gasteiger partial charge on any atom is 0.142 e. The third-order valence-corrected chi connectivity index (χ3v) is 12.1. The van der Waals surface area contributed by atoms with Crippen molar-refractivity contribution < 1.29 is 9.47 Å². The molecule has 0 radical (unpaired) electrons. The van der Waals surface area contributed by atoms with Crippen LogP contribution in [0.5, 0.6) is 0 Å². The highest BCUT2D eigenvalue weighted by Crippen LogP contribution is 2.23. The van der Waals surface area contributed by atoms with Crippen molar-refractivity contribution in [1.29, 1.82) is 0 Å². The lowest BCUT2D eigenvalue weighted by Crippen LogP contribution is -2.60. The molecule has 0 heterocycles. The van der Waals surface area contributed by atoms with Gasteiger partial charge in [-0.3, -0.25) is 0 Å². The predicted octanol–water partition coefficient (Wildman–Crippen LogP) is 2.44. The minimum absolute atomic E-state index is 0.291. The molecule has 0 spiro atoms. The van der Waals surface area contributed by atoms with E-state index in [1.807, 2.05) is 0 Å². The number of ether oxygens (including phenoxy) is 2. The second-order valence-corrected chi connectivity index (χ2v) is 19.0. The Labute approximate surface area is 125 Å². The summed E-state index contributed by atoms with van der Waals surface area (Å²) in [5.41, 5.74) is -0.291. The third kappa shape index (κ3) is 7.19. The highest BCUT2D eigenvalue weighted by molar-refractivity contribution is 6.89. The molecule has 3 nitrogen and oxygen atoms in total. The molecule has 0 aromatic carbocycles. The Bertz CT molecular complexity index is 242. The van der Waals surface area contributed by atoms with Gasteiger partial charge in [0.1, 0.15) is 21.9 Å². The van der Waals surface area contributed by atoms with Gasteiger partial charge in [0.25, 0.3) is 0 Å². The van der Waals surface area contributed by atoms with Gasteiger partial charge in [-0.1, -0.05) is 39.3 Å². The van der Waals surface area contributed by atoms with Gasteiger partial charge >= 0.3 is 0 Å². The Hall–Kier alpha value is 0.531. The number of hydrogen-bond acceptors (Lipinski definition) is 3. The van der Waals surface area contributed by atoms with Crippen molar-refractivity contribution in [2.24, 2.45) is 0 Å². The summed E-state index contributed by atoms with van der Waals surface area (Å²) in [5.74, 6) is 0. The van der Waals surface area contributed by atoms with Crippen LogP contribution in [0, 0.1) is 0 Å². The topological polar surface area (TPSA) is 21.7 Å². The molecule has 0 atom stereocenters. The van der Waals surface area contributed by atoms with Crippen molar-refractivity contribution in [3.05, 3.63) is 0 Å². The summed E-state index contributed by atoms with van der Waals surface area (Å²) in [7, 11) is -1.61. The van der Waals surface area contributed by atoms with Crippen molar-refractivity contribution in [3.63, 3.8) is 0 Å². The van der Waals surface area contributed by atoms with Crippen LogP contribution >= 0.6 is 0 Å². The van der Waals surface area contributed by atoms with Crippen molar-refractivity contribution in [1.82, 2.24) is 4.23 Å². The van der Waals surface area contributed by atoms with E-state index in [0.29, 0.717) is 0 Å². The van der Waals surface area contributed by atoms with Crippen LogP contribution in [-0.4, -0.2) is 56.1 Å². The van der Waals surface area contributed by atoms with Crippen LogP contribution in [0.15, 0.2) is 0 Å². The molecule has 0 rings (SSSR count). The van der Waals surface area contributed by atoms with Gasteiger partial charge in [-0.15, -0.1) is 0 Å². The maximum atomic E-state index is 5.89. The average Bonchev–Trinajstić information content (AvgIpc) is 2.13. The molecule has 0 N–H and O–H groups in total. The van der Waals surface area contributed by atoms with Crippen molar-refractivity contribution in [2.75, 3.05) is 19.8 Å². The highest BCUT2D eigenvalue weighted by atomic mass is 28.4. The zero-order valence-corrected chi connectivity index (χ0v) is 18.6. The zero-order valence-electron chi connectivity index (χ0n) is 14.6. The smallest absolute Gasteiger partial charge is 0.142 e. The fourth-order valence-corrected chi connectivity index (χ4v) is 13.2. The monoisotopic (exact) mass is 321 g/mol. The van der Waals surface area contributed by atoms with Gasteiger partial charge in [0, 0.05) is 19.6 Å². The molecule has 6 heteroatoms. The molecule has 0 aromatic rings. The van der Waals surface area contributed by atoms with Crippen LogP contribution in [-0.2, 0) is 9.47 Å². The second kappa shape index (κ2) is 7.51. The molecule has 0 aliphatic heterocycles. The van der Waals surface area contributed by atoms with Gasteiger partial charge in [0.2, 0.25) is 0 Å². The van der Waals surface area contributed by atoms with Crippen LogP contribution in [0.1, 0.15) is 20.3 Å². The summed E-state index contributed by atoms with van der Waals surface area (Å²) in [6.45, 7) is 21.4. The predicted molar refractivity (Wildman–Crippen MR) is 93.9 cm³/mol. The lowest BCUT2D eigenvalue weighted by atomic mass is 10.4. The number of rotatable bonds is 9. The van der Waals surface area contributed by atoms with Crippen molar-refractivity contribution in [2.45, 2.75) is 65.0 Å². The van der Waals surface area contributed by atoms with E-state index in [4.69, 9.17) is 9.47 Å². The molecule has 0 saturated carbocycles. The molecule has 0 aromatic heterocycles. The number of nitrogens with zero attached hydrogens (tertiary/aromatic N) is 1. The van der Waals surface area contributed by atoms with Gasteiger partial charge in [-0.05, 0) is 20.4 Å². The molecule has 0 amide bonds. The Kier molecular flexibility index (Phi) is 7.72. The van der Waals surface area contributed by atoms with E-state index >= 15 is 0 Å². The molecular weight excluding hydrogens is 286 g/mol. The van der Waals surface area contributed by atoms with E-state index in [2.05, 4.69) is 57.4 Å². The fraction of sp³-hybridized carbons (Fsp3) is 1.00. The molecule has 0 saturated heterocycles. The Balaban J connectivity index is 4.78. The van der Waals surface area contributed by atoms with E-state index in [9.17, 15) is 0 Å². The summed E-state index contributed by atoms with van der Waals surface area (Å²) in [6, 6.07) is 0. The van der Waals surface area contributed by atoms with E-state index in [0.717, 1.165) is 36.4 Å². The van der Waals surface area contributed by atoms with Crippen LogP contribution in [0.3, 0.4) is 0 Å². The highest BCUT2D eigenvalue weighted by Gasteiger charge is 2.36. The fourth-order valence-electron chi connectivity index (χ4n) is 2.79. The largest absolute Gasteiger partial charge is 0.355 e. The van der Waals surface area contributed by atoms with Crippen LogP contribution in [0.25, 0.3) is 0 Å². The van der Waals surface area contributed by atoms with E-state index < -0.39 is 16.5 Å². The summed E-state index contributed by atoms with van der Waals surface area (Å²) < 4.78 is 14.6. The molecule has 0 unspecified atom stereocenters. The molecule has 0 bridgehead atoms. The summed E-state index contributed by atoms with van der Waals surface area (Å²) in [6.07, 6.45) is 1.01. The average molecular weight is 322 g/mol. The molecule has 0 fully saturated rings. The molecule has 116 valence electrons. The second-order valence-electron chi connectivity index (χ2n) is 7.24. The standard InChI is InChI=1S/C13H35NO2Si3/c1-9-15-13(17,16-10-2)11-12-14(18(3,4)5)19(6,7)8/h9-12H2,1-8,17H3. The normalized spacial score (nSPS) is 14.4. The van der Waals surface area contributed by atoms with Crippen molar-refractivity contribution >= 4 is 26.7 Å². The molecular formula is C13H35NO2Si3. The molecule has 0 aliphatic carbocycles. The van der Waals surface area contributed by atoms with Gasteiger partial charge in [-0.25, -0.2) is 0 Å². The van der Waals surface area contributed by atoms with Gasteiger partial charge in [0.05, 0.1) is 10.2 Å². The summed E-state index contributed by atoms with van der Waals surface area (Å²) in [4.78, 5) is 0. The lowest BCUT2D eigenvalue weighted by molar-refractivity contribution is -0.176. The van der Waals surface area contributed by atoms with Gasteiger partial charge in [-0.2, -0.15) is 0 Å². The first-order valence-electron chi connectivity index (χ1n) is 7.52. The Morgan fingerprint density at radius 1 is 0.895 bits per heavy atom. The van der Waals surface area contributed by atoms with Gasteiger partial charge in [0.15, 0.2) is 0 Å². The van der Waals surface area contributed by atoms with Crippen molar-refractivity contribution in [3.8, 4) is 0 Å². The Morgan fingerprint density at radius 3 is 1.53 bits per heavy atom. The van der Waals surface area contributed by atoms with E-state index in [-0.39, 0.29) is 5.41 Å². The summed E-state index contributed by atoms with van der Waals surface area (Å²) in [5, 5.41) is 0. The zero-order chi connectivity index (χ0) is 15.3. The molecule has 19 heavy (non-hydrogen) atoms. The lowest BCUT2D eigenvalue weighted by Gasteiger charge is -2.45. The molecule has 0 aliphatic rings. The minimum Gasteiger partial charge on any atom is -0.355 e. The van der Waals surface area contributed by atoms with E-state index in [1.165, 1.54) is 0 Å². The first-order chi connectivity index (χ1) is 8.46. The van der Waals surface area contributed by atoms with E-state index in [1.54, 1.807) is 0 Å². The quantitative estimate of drug-likeness (QED) is 0.481. The maximum absolute atomic E-state index is 5.89.